The Kier molecular flexibility index (Phi) is 5.63. The summed E-state index contributed by atoms with van der Waals surface area (Å²) in [5.74, 6) is -0.915. The molecule has 0 aromatic heterocycles. The Morgan fingerprint density at radius 1 is 1.42 bits per heavy atom. The highest BCUT2D eigenvalue weighted by molar-refractivity contribution is 6.31. The van der Waals surface area contributed by atoms with Gasteiger partial charge in [-0.2, -0.15) is 0 Å². The molecule has 0 bridgehead atoms. The van der Waals surface area contributed by atoms with Crippen molar-refractivity contribution in [2.24, 2.45) is 5.92 Å². The molecule has 0 saturated heterocycles. The molecule has 1 amide bonds. The number of rotatable bonds is 6. The number of carbonyl (C=O) groups is 2. The predicted molar refractivity (Wildman–Crippen MR) is 72.7 cm³/mol. The molecular formula is C13H16ClNO4. The number of aliphatic carboxylic acids is 1. The van der Waals surface area contributed by atoms with Crippen molar-refractivity contribution in [1.82, 2.24) is 0 Å². The zero-order chi connectivity index (χ0) is 14.4. The van der Waals surface area contributed by atoms with Gasteiger partial charge in [0.2, 0.25) is 5.91 Å². The van der Waals surface area contributed by atoms with E-state index in [-0.39, 0.29) is 24.7 Å². The van der Waals surface area contributed by atoms with Gasteiger partial charge < -0.3 is 15.2 Å². The topological polar surface area (TPSA) is 75.6 Å². The van der Waals surface area contributed by atoms with E-state index in [4.69, 9.17) is 21.4 Å². The lowest BCUT2D eigenvalue weighted by molar-refractivity contribution is -0.138. The second kappa shape index (κ2) is 6.99. The van der Waals surface area contributed by atoms with E-state index in [2.05, 4.69) is 5.32 Å². The van der Waals surface area contributed by atoms with Crippen LogP contribution < -0.4 is 10.1 Å². The fraction of sp³-hybridized carbons (Fsp3) is 0.385. The molecule has 1 unspecified atom stereocenters. The van der Waals surface area contributed by atoms with Crippen molar-refractivity contribution in [3.63, 3.8) is 0 Å². The van der Waals surface area contributed by atoms with Crippen LogP contribution >= 0.6 is 11.6 Å². The van der Waals surface area contributed by atoms with Crippen molar-refractivity contribution in [3.05, 3.63) is 23.2 Å². The maximum atomic E-state index is 11.8. The van der Waals surface area contributed by atoms with Crippen LogP contribution in [0, 0.1) is 5.92 Å². The molecule has 5 nitrogen and oxygen atoms in total. The molecule has 1 aromatic carbocycles. The van der Waals surface area contributed by atoms with Crippen molar-refractivity contribution in [2.75, 3.05) is 12.4 Å². The van der Waals surface area contributed by atoms with Crippen LogP contribution in [-0.2, 0) is 9.59 Å². The van der Waals surface area contributed by atoms with Gasteiger partial charge in [0.05, 0.1) is 12.8 Å². The molecule has 104 valence electrons. The Morgan fingerprint density at radius 3 is 2.68 bits per heavy atom. The van der Waals surface area contributed by atoms with Gasteiger partial charge in [0.1, 0.15) is 5.75 Å². The number of anilines is 1. The number of carbonyl (C=O) groups excluding carboxylic acids is 1. The second-order valence-corrected chi connectivity index (χ2v) is 4.74. The Balaban J connectivity index is 2.66. The van der Waals surface area contributed by atoms with Crippen LogP contribution in [0.3, 0.4) is 0 Å². The lowest BCUT2D eigenvalue weighted by atomic mass is 10.0. The van der Waals surface area contributed by atoms with E-state index >= 15 is 0 Å². The van der Waals surface area contributed by atoms with Gasteiger partial charge in [-0.3, -0.25) is 9.59 Å². The lowest BCUT2D eigenvalue weighted by Crippen LogP contribution is -2.17. The smallest absolute Gasteiger partial charge is 0.303 e. The fourth-order valence-electron chi connectivity index (χ4n) is 1.67. The average Bonchev–Trinajstić information content (AvgIpc) is 2.27. The summed E-state index contributed by atoms with van der Waals surface area (Å²) in [5.41, 5.74) is 0.475. The van der Waals surface area contributed by atoms with Crippen LogP contribution in [0.2, 0.25) is 5.02 Å². The number of hydrogen-bond donors (Lipinski definition) is 2. The molecule has 1 rings (SSSR count). The summed E-state index contributed by atoms with van der Waals surface area (Å²) >= 11 is 5.85. The molecule has 0 radical (unpaired) electrons. The summed E-state index contributed by atoms with van der Waals surface area (Å²) < 4.78 is 5.10. The fourth-order valence-corrected chi connectivity index (χ4v) is 1.84. The highest BCUT2D eigenvalue weighted by Crippen LogP contribution is 2.28. The third-order valence-corrected chi connectivity index (χ3v) is 2.73. The zero-order valence-corrected chi connectivity index (χ0v) is 11.5. The first kappa shape index (κ1) is 15.3. The van der Waals surface area contributed by atoms with Gasteiger partial charge in [-0.15, -0.1) is 0 Å². The number of ether oxygens (including phenoxy) is 1. The highest BCUT2D eigenvalue weighted by Gasteiger charge is 2.14. The number of methoxy groups -OCH3 is 1. The second-order valence-electron chi connectivity index (χ2n) is 4.30. The first-order valence-electron chi connectivity index (χ1n) is 5.77. The summed E-state index contributed by atoms with van der Waals surface area (Å²) in [6.45, 7) is 1.71. The number of amides is 1. The third-order valence-electron chi connectivity index (χ3n) is 2.49. The van der Waals surface area contributed by atoms with Crippen LogP contribution in [0.25, 0.3) is 0 Å². The van der Waals surface area contributed by atoms with E-state index in [1.165, 1.54) is 7.11 Å². The molecule has 6 heteroatoms. The van der Waals surface area contributed by atoms with Crippen molar-refractivity contribution in [2.45, 2.75) is 19.8 Å². The molecule has 0 aliphatic rings. The van der Waals surface area contributed by atoms with Crippen molar-refractivity contribution in [1.29, 1.82) is 0 Å². The molecule has 2 N–H and O–H groups in total. The van der Waals surface area contributed by atoms with Crippen molar-refractivity contribution in [3.8, 4) is 5.75 Å². The summed E-state index contributed by atoms with van der Waals surface area (Å²) in [6, 6.07) is 4.89. The monoisotopic (exact) mass is 285 g/mol. The van der Waals surface area contributed by atoms with E-state index < -0.39 is 5.97 Å². The van der Waals surface area contributed by atoms with Crippen molar-refractivity contribution < 1.29 is 19.4 Å². The number of carboxylic acids is 1. The molecule has 0 saturated carbocycles. The molecular weight excluding hydrogens is 270 g/mol. The molecule has 0 fully saturated rings. The minimum Gasteiger partial charge on any atom is -0.495 e. The minimum absolute atomic E-state index is 0.0416. The molecule has 0 heterocycles. The molecule has 1 atom stereocenters. The zero-order valence-electron chi connectivity index (χ0n) is 10.8. The van der Waals surface area contributed by atoms with Crippen LogP contribution in [0.4, 0.5) is 5.69 Å². The number of halogens is 1. The first-order chi connectivity index (χ1) is 8.92. The SMILES string of the molecule is COc1ccc(Cl)cc1NC(=O)CC(C)CC(=O)O. The van der Waals surface area contributed by atoms with Gasteiger partial charge >= 0.3 is 5.97 Å². The summed E-state index contributed by atoms with van der Waals surface area (Å²) in [7, 11) is 1.49. The Labute approximate surface area is 116 Å². The number of carboxylic acid groups (broad SMARTS) is 1. The number of hydrogen-bond acceptors (Lipinski definition) is 3. The predicted octanol–water partition coefficient (Wildman–Crippen LogP) is 2.79. The van der Waals surface area contributed by atoms with Crippen molar-refractivity contribution >= 4 is 29.2 Å². The molecule has 1 aromatic rings. The third kappa shape index (κ3) is 5.18. The highest BCUT2D eigenvalue weighted by atomic mass is 35.5. The van der Waals surface area contributed by atoms with E-state index in [0.29, 0.717) is 16.5 Å². The maximum absolute atomic E-state index is 11.8. The summed E-state index contributed by atoms with van der Waals surface area (Å²) in [6.07, 6.45) is 0.0854. The first-order valence-corrected chi connectivity index (χ1v) is 6.15. The standard InChI is InChI=1S/C13H16ClNO4/c1-8(6-13(17)18)5-12(16)15-10-7-9(14)3-4-11(10)19-2/h3-4,7-8H,5-6H2,1-2H3,(H,15,16)(H,17,18). The number of benzene rings is 1. The van der Waals surface area contributed by atoms with Gasteiger partial charge in [0, 0.05) is 17.9 Å². The quantitative estimate of drug-likeness (QED) is 0.843. The molecule has 0 aliphatic carbocycles. The van der Waals surface area contributed by atoms with Gasteiger partial charge in [0.25, 0.3) is 0 Å². The van der Waals surface area contributed by atoms with Gasteiger partial charge in [-0.1, -0.05) is 18.5 Å². The van der Waals surface area contributed by atoms with E-state index in [0.717, 1.165) is 0 Å². The Hall–Kier alpha value is -1.75. The van der Waals surface area contributed by atoms with Gasteiger partial charge in [-0.05, 0) is 24.1 Å². The van der Waals surface area contributed by atoms with E-state index in [1.54, 1.807) is 25.1 Å². The largest absolute Gasteiger partial charge is 0.495 e. The maximum Gasteiger partial charge on any atom is 0.303 e. The summed E-state index contributed by atoms with van der Waals surface area (Å²) in [5, 5.41) is 11.8. The average molecular weight is 286 g/mol. The van der Waals surface area contributed by atoms with Gasteiger partial charge in [0.15, 0.2) is 0 Å². The number of nitrogens with one attached hydrogen (secondary N) is 1. The minimum atomic E-state index is -0.916. The summed E-state index contributed by atoms with van der Waals surface area (Å²) in [4.78, 5) is 22.3. The molecule has 0 aliphatic heterocycles. The van der Waals surface area contributed by atoms with E-state index in [9.17, 15) is 9.59 Å². The normalized spacial score (nSPS) is 11.7. The Bertz CT molecular complexity index is 476. The van der Waals surface area contributed by atoms with Crippen LogP contribution in [0.15, 0.2) is 18.2 Å². The Morgan fingerprint density at radius 2 is 2.11 bits per heavy atom. The van der Waals surface area contributed by atoms with E-state index in [1.807, 2.05) is 0 Å². The van der Waals surface area contributed by atoms with Crippen LogP contribution in [0.5, 0.6) is 5.75 Å². The van der Waals surface area contributed by atoms with Gasteiger partial charge in [-0.25, -0.2) is 0 Å². The lowest BCUT2D eigenvalue weighted by Gasteiger charge is -2.12. The molecule has 19 heavy (non-hydrogen) atoms. The van der Waals surface area contributed by atoms with Crippen LogP contribution in [0.1, 0.15) is 19.8 Å². The van der Waals surface area contributed by atoms with Crippen LogP contribution in [-0.4, -0.2) is 24.1 Å². The molecule has 0 spiro atoms.